The van der Waals surface area contributed by atoms with Crippen LogP contribution in [-0.2, 0) is 20.4 Å². The van der Waals surface area contributed by atoms with Crippen molar-refractivity contribution in [3.63, 3.8) is 0 Å². The van der Waals surface area contributed by atoms with Crippen molar-refractivity contribution in [2.24, 2.45) is 0 Å². The number of hydrogen-bond acceptors (Lipinski definition) is 3. The molecule has 2 N–H and O–H groups in total. The molecule has 1 aliphatic heterocycles. The van der Waals surface area contributed by atoms with Crippen LogP contribution in [0.5, 0.6) is 0 Å². The Balaban J connectivity index is 2.63. The summed E-state index contributed by atoms with van der Waals surface area (Å²) in [6, 6.07) is -0.975. The van der Waals surface area contributed by atoms with Gasteiger partial charge in [0.1, 0.15) is 11.8 Å². The third-order valence-electron chi connectivity index (χ3n) is 1.28. The minimum absolute atomic E-state index is 0.0150. The quantitative estimate of drug-likeness (QED) is 0.501. The van der Waals surface area contributed by atoms with Crippen LogP contribution in [0.3, 0.4) is 0 Å². The van der Waals surface area contributed by atoms with Gasteiger partial charge in [0.15, 0.2) is 0 Å². The Kier molecular flexibility index (Phi) is 2.23. The monoisotopic (exact) mass is 177 g/mol. The number of carbonyl (C=O) groups excluding carboxylic acids is 1. The van der Waals surface area contributed by atoms with Gasteiger partial charge in [0.05, 0.1) is 5.75 Å². The molecule has 0 aliphatic carbocycles. The van der Waals surface area contributed by atoms with E-state index < -0.39 is 28.7 Å². The summed E-state index contributed by atoms with van der Waals surface area (Å²) in [6.07, 6.45) is 0. The third-order valence-corrected chi connectivity index (χ3v) is 2.57. The maximum atomic E-state index is 10.8. The van der Waals surface area contributed by atoms with E-state index in [1.165, 1.54) is 0 Å². The topological polar surface area (TPSA) is 83.5 Å². The maximum Gasteiger partial charge on any atom is 0.327 e. The maximum absolute atomic E-state index is 10.8. The van der Waals surface area contributed by atoms with E-state index in [9.17, 15) is 13.8 Å². The summed E-state index contributed by atoms with van der Waals surface area (Å²) in [5.41, 5.74) is 0. The van der Waals surface area contributed by atoms with Crippen LogP contribution >= 0.6 is 0 Å². The molecule has 0 radical (unpaired) electrons. The van der Waals surface area contributed by atoms with Crippen molar-refractivity contribution in [1.29, 1.82) is 0 Å². The zero-order valence-corrected chi connectivity index (χ0v) is 6.39. The summed E-state index contributed by atoms with van der Waals surface area (Å²) in [7, 11) is -1.31. The molecule has 1 aliphatic rings. The second-order valence-corrected chi connectivity index (χ2v) is 3.71. The lowest BCUT2D eigenvalue weighted by Crippen LogP contribution is -2.50. The zero-order chi connectivity index (χ0) is 8.43. The molecule has 0 saturated carbocycles. The molecule has 1 fully saturated rings. The van der Waals surface area contributed by atoms with Crippen molar-refractivity contribution in [3.05, 3.63) is 0 Å². The molecule has 62 valence electrons. The van der Waals surface area contributed by atoms with E-state index in [1.54, 1.807) is 0 Å². The number of carbonyl (C=O) groups is 2. The summed E-state index contributed by atoms with van der Waals surface area (Å²) in [4.78, 5) is 20.9. The van der Waals surface area contributed by atoms with Gasteiger partial charge in [-0.3, -0.25) is 9.00 Å². The Hall–Kier alpha value is -0.910. The Morgan fingerprint density at radius 1 is 1.73 bits per heavy atom. The number of carboxylic acids is 1. The molecule has 1 heterocycles. The number of hydrogen-bond donors (Lipinski definition) is 2. The predicted octanol–water partition coefficient (Wildman–Crippen LogP) is -1.68. The molecule has 0 aromatic carbocycles. The third kappa shape index (κ3) is 2.01. The van der Waals surface area contributed by atoms with E-state index in [-0.39, 0.29) is 11.5 Å². The molecule has 11 heavy (non-hydrogen) atoms. The van der Waals surface area contributed by atoms with Crippen LogP contribution in [-0.4, -0.2) is 38.7 Å². The standard InChI is InChI=1S/C5H7NO4S/c7-4-2-11(10)1-3(6-4)5(8)9/h3H,1-2H2,(H,6,7)(H,8,9)/t3-,11+/m0/s1. The van der Waals surface area contributed by atoms with Crippen molar-refractivity contribution in [2.75, 3.05) is 11.5 Å². The Morgan fingerprint density at radius 2 is 2.36 bits per heavy atom. The highest BCUT2D eigenvalue weighted by Crippen LogP contribution is 1.97. The lowest BCUT2D eigenvalue weighted by molar-refractivity contribution is -0.141. The Bertz CT molecular complexity index is 211. The predicted molar refractivity (Wildman–Crippen MR) is 37.4 cm³/mol. The molecule has 2 atom stereocenters. The van der Waals surface area contributed by atoms with Crippen LogP contribution in [0.1, 0.15) is 0 Å². The van der Waals surface area contributed by atoms with Gasteiger partial charge in [0.2, 0.25) is 5.91 Å². The fraction of sp³-hybridized carbons (Fsp3) is 0.600. The molecule has 1 rings (SSSR count). The largest absolute Gasteiger partial charge is 0.480 e. The first-order valence-corrected chi connectivity index (χ1v) is 4.45. The molecule has 0 unspecified atom stereocenters. The van der Waals surface area contributed by atoms with Crippen LogP contribution in [0, 0.1) is 0 Å². The van der Waals surface area contributed by atoms with Crippen LogP contribution < -0.4 is 5.32 Å². The molecule has 0 aromatic heterocycles. The molecule has 5 nitrogen and oxygen atoms in total. The lowest BCUT2D eigenvalue weighted by atomic mass is 10.3. The average Bonchev–Trinajstić information content (AvgIpc) is 1.85. The molecule has 0 spiro atoms. The van der Waals surface area contributed by atoms with Gasteiger partial charge in [-0.1, -0.05) is 0 Å². The number of amides is 1. The van der Waals surface area contributed by atoms with E-state index in [0.717, 1.165) is 0 Å². The highest BCUT2D eigenvalue weighted by Gasteiger charge is 2.28. The van der Waals surface area contributed by atoms with Crippen molar-refractivity contribution in [3.8, 4) is 0 Å². The number of carboxylic acid groups (broad SMARTS) is 1. The number of nitrogens with one attached hydrogen (secondary N) is 1. The molecular weight excluding hydrogens is 170 g/mol. The molecular formula is C5H7NO4S. The minimum Gasteiger partial charge on any atom is -0.480 e. The van der Waals surface area contributed by atoms with Crippen LogP contribution in [0.4, 0.5) is 0 Å². The van der Waals surface area contributed by atoms with Gasteiger partial charge in [-0.2, -0.15) is 0 Å². The summed E-state index contributed by atoms with van der Waals surface area (Å²) >= 11 is 0. The van der Waals surface area contributed by atoms with Crippen LogP contribution in [0.2, 0.25) is 0 Å². The molecule has 0 bridgehead atoms. The normalized spacial score (nSPS) is 31.1. The van der Waals surface area contributed by atoms with Gasteiger partial charge in [0, 0.05) is 10.8 Å². The minimum atomic E-state index is -1.31. The number of aliphatic carboxylic acids is 1. The van der Waals surface area contributed by atoms with Crippen molar-refractivity contribution >= 4 is 22.7 Å². The summed E-state index contributed by atoms with van der Waals surface area (Å²) in [5.74, 6) is -1.65. The van der Waals surface area contributed by atoms with Gasteiger partial charge in [0.25, 0.3) is 0 Å². The fourth-order valence-corrected chi connectivity index (χ4v) is 1.89. The van der Waals surface area contributed by atoms with Crippen molar-refractivity contribution in [1.82, 2.24) is 5.32 Å². The van der Waals surface area contributed by atoms with Crippen molar-refractivity contribution < 1.29 is 18.9 Å². The Labute approximate surface area is 65.2 Å². The molecule has 1 saturated heterocycles. The summed E-state index contributed by atoms with van der Waals surface area (Å²) in [5, 5.41) is 10.6. The SMILES string of the molecule is O=C1C[S@](=O)C[C@@H](C(=O)O)N1. The summed E-state index contributed by atoms with van der Waals surface area (Å²) in [6.45, 7) is 0. The summed E-state index contributed by atoms with van der Waals surface area (Å²) < 4.78 is 10.8. The Morgan fingerprint density at radius 3 is 2.82 bits per heavy atom. The molecule has 0 aromatic rings. The van der Waals surface area contributed by atoms with Crippen molar-refractivity contribution in [2.45, 2.75) is 6.04 Å². The van der Waals surface area contributed by atoms with Crippen LogP contribution in [0.15, 0.2) is 0 Å². The van der Waals surface area contributed by atoms with E-state index in [1.807, 2.05) is 0 Å². The highest BCUT2D eigenvalue weighted by molar-refractivity contribution is 7.85. The van der Waals surface area contributed by atoms with Gasteiger partial charge >= 0.3 is 5.97 Å². The first-order chi connectivity index (χ1) is 5.09. The molecule has 6 heteroatoms. The average molecular weight is 177 g/mol. The molecule has 1 amide bonds. The number of rotatable bonds is 1. The van der Waals surface area contributed by atoms with Gasteiger partial charge < -0.3 is 10.4 Å². The lowest BCUT2D eigenvalue weighted by Gasteiger charge is -2.18. The van der Waals surface area contributed by atoms with E-state index >= 15 is 0 Å². The van der Waals surface area contributed by atoms with E-state index in [4.69, 9.17) is 5.11 Å². The van der Waals surface area contributed by atoms with Crippen LogP contribution in [0.25, 0.3) is 0 Å². The second-order valence-electron chi connectivity index (χ2n) is 2.21. The highest BCUT2D eigenvalue weighted by atomic mass is 32.2. The smallest absolute Gasteiger partial charge is 0.327 e. The fourth-order valence-electron chi connectivity index (χ4n) is 0.802. The van der Waals surface area contributed by atoms with E-state index in [0.29, 0.717) is 0 Å². The van der Waals surface area contributed by atoms with E-state index in [2.05, 4.69) is 5.32 Å². The first-order valence-electron chi connectivity index (χ1n) is 2.97. The van der Waals surface area contributed by atoms with Gasteiger partial charge in [-0.05, 0) is 0 Å². The van der Waals surface area contributed by atoms with Gasteiger partial charge in [-0.15, -0.1) is 0 Å². The van der Waals surface area contributed by atoms with Gasteiger partial charge in [-0.25, -0.2) is 4.79 Å². The first kappa shape index (κ1) is 8.19. The zero-order valence-electron chi connectivity index (χ0n) is 5.57. The second kappa shape index (κ2) is 3.00.